The van der Waals surface area contributed by atoms with Gasteiger partial charge >= 0.3 is 6.18 Å². The van der Waals surface area contributed by atoms with Crippen LogP contribution >= 0.6 is 11.6 Å². The largest absolute Gasteiger partial charge is 0.430 e. The molecule has 4 aromatic rings. The molecule has 0 spiro atoms. The molecule has 1 aliphatic heterocycles. The molecule has 15 heteroatoms. The molecule has 2 N–H and O–H groups in total. The molecule has 1 saturated heterocycles. The Morgan fingerprint density at radius 3 is 2.39 bits per heavy atom. The number of aromatic amines is 1. The molecule has 2 aromatic carbocycles. The SMILES string of the molecule is CN(CCc1nc[nH]n1)C(=O)c1ccc(-c2cnc(N3CCN(C(=O)[C@](O)(c4ccccc4)C(F)(F)F)CC3)c(C#N)c2)cc1Cl. The van der Waals surface area contributed by atoms with Crippen molar-refractivity contribution in [1.82, 2.24) is 30.0 Å². The minimum Gasteiger partial charge on any atom is -0.369 e. The summed E-state index contributed by atoms with van der Waals surface area (Å²) in [5, 5.41) is 27.4. The number of nitrogens with one attached hydrogen (secondary N) is 1. The van der Waals surface area contributed by atoms with Gasteiger partial charge in [0.25, 0.3) is 17.4 Å². The van der Waals surface area contributed by atoms with E-state index in [0.717, 1.165) is 17.0 Å². The first-order valence-corrected chi connectivity index (χ1v) is 14.5. The van der Waals surface area contributed by atoms with E-state index >= 15 is 0 Å². The lowest BCUT2D eigenvalue weighted by molar-refractivity contribution is -0.262. The smallest absolute Gasteiger partial charge is 0.369 e. The van der Waals surface area contributed by atoms with Crippen LogP contribution in [0.1, 0.15) is 27.3 Å². The molecule has 238 valence electrons. The number of rotatable bonds is 8. The fourth-order valence-corrected chi connectivity index (χ4v) is 5.45. The van der Waals surface area contributed by atoms with Crippen molar-refractivity contribution in [2.45, 2.75) is 18.2 Å². The Kier molecular flexibility index (Phi) is 9.27. The van der Waals surface area contributed by atoms with Crippen molar-refractivity contribution >= 4 is 29.2 Å². The molecular formula is C31H28ClF3N8O3. The maximum Gasteiger partial charge on any atom is 0.430 e. The number of piperazine rings is 1. The maximum atomic E-state index is 14.0. The van der Waals surface area contributed by atoms with Gasteiger partial charge in [-0.15, -0.1) is 0 Å². The number of carbonyl (C=O) groups is 2. The van der Waals surface area contributed by atoms with Crippen molar-refractivity contribution in [3.63, 3.8) is 0 Å². The molecular weight excluding hydrogens is 625 g/mol. The fourth-order valence-electron chi connectivity index (χ4n) is 5.19. The summed E-state index contributed by atoms with van der Waals surface area (Å²) in [6.07, 6.45) is -1.78. The summed E-state index contributed by atoms with van der Waals surface area (Å²) in [4.78, 5) is 38.7. The second kappa shape index (κ2) is 13.2. The average molecular weight is 653 g/mol. The maximum absolute atomic E-state index is 14.0. The molecule has 1 atom stereocenters. The zero-order chi connectivity index (χ0) is 33.1. The minimum absolute atomic E-state index is 0.0852. The van der Waals surface area contributed by atoms with Crippen molar-refractivity contribution in [1.29, 1.82) is 5.26 Å². The third-order valence-electron chi connectivity index (χ3n) is 7.78. The van der Waals surface area contributed by atoms with Crippen LogP contribution < -0.4 is 4.90 Å². The van der Waals surface area contributed by atoms with E-state index in [2.05, 4.69) is 26.2 Å². The zero-order valence-electron chi connectivity index (χ0n) is 24.5. The lowest BCUT2D eigenvalue weighted by Crippen LogP contribution is -2.59. The van der Waals surface area contributed by atoms with Crippen LogP contribution in [-0.4, -0.2) is 92.8 Å². The number of hydrogen-bond acceptors (Lipinski definition) is 8. The Labute approximate surface area is 266 Å². The van der Waals surface area contributed by atoms with Gasteiger partial charge in [0.15, 0.2) is 5.82 Å². The van der Waals surface area contributed by atoms with Gasteiger partial charge in [0.2, 0.25) is 0 Å². The predicted molar refractivity (Wildman–Crippen MR) is 162 cm³/mol. The minimum atomic E-state index is -5.24. The Morgan fingerprint density at radius 2 is 1.78 bits per heavy atom. The number of likely N-dealkylation sites (N-methyl/N-ethyl adjacent to an activating group) is 1. The van der Waals surface area contributed by atoms with Crippen LogP contribution in [0.15, 0.2) is 67.1 Å². The number of halogens is 4. The van der Waals surface area contributed by atoms with E-state index in [1.807, 2.05) is 0 Å². The molecule has 3 heterocycles. The highest BCUT2D eigenvalue weighted by molar-refractivity contribution is 6.34. The molecule has 0 aliphatic carbocycles. The number of pyridine rings is 1. The zero-order valence-corrected chi connectivity index (χ0v) is 25.3. The van der Waals surface area contributed by atoms with Crippen LogP contribution in [0.5, 0.6) is 0 Å². The summed E-state index contributed by atoms with van der Waals surface area (Å²) < 4.78 is 42.1. The number of aliphatic hydroxyl groups is 1. The highest BCUT2D eigenvalue weighted by Crippen LogP contribution is 2.41. The second-order valence-electron chi connectivity index (χ2n) is 10.6. The molecule has 0 unspecified atom stereocenters. The lowest BCUT2D eigenvalue weighted by Gasteiger charge is -2.40. The summed E-state index contributed by atoms with van der Waals surface area (Å²) in [7, 11) is 1.65. The summed E-state index contributed by atoms with van der Waals surface area (Å²) >= 11 is 6.49. The van der Waals surface area contributed by atoms with Crippen molar-refractivity contribution in [3.8, 4) is 17.2 Å². The number of benzene rings is 2. The molecule has 0 bridgehead atoms. The number of hydrogen-bond donors (Lipinski definition) is 2. The highest BCUT2D eigenvalue weighted by atomic mass is 35.5. The molecule has 1 fully saturated rings. The summed E-state index contributed by atoms with van der Waals surface area (Å²) in [6, 6.07) is 14.9. The van der Waals surface area contributed by atoms with Crippen LogP contribution in [0.2, 0.25) is 5.02 Å². The van der Waals surface area contributed by atoms with E-state index in [9.17, 15) is 33.1 Å². The summed E-state index contributed by atoms with van der Waals surface area (Å²) in [5.74, 6) is -0.862. The van der Waals surface area contributed by atoms with E-state index < -0.39 is 23.2 Å². The number of anilines is 1. The van der Waals surface area contributed by atoms with Gasteiger partial charge in [0, 0.05) is 63.5 Å². The van der Waals surface area contributed by atoms with Crippen molar-refractivity contribution < 1.29 is 27.9 Å². The van der Waals surface area contributed by atoms with Crippen LogP contribution in [0.3, 0.4) is 0 Å². The van der Waals surface area contributed by atoms with E-state index in [1.165, 1.54) is 35.6 Å². The topological polar surface area (TPSA) is 142 Å². The van der Waals surface area contributed by atoms with E-state index in [0.29, 0.717) is 41.3 Å². The fraction of sp³-hybridized carbons (Fsp3) is 0.290. The van der Waals surface area contributed by atoms with Gasteiger partial charge in [0.05, 0.1) is 16.1 Å². The third kappa shape index (κ3) is 6.37. The van der Waals surface area contributed by atoms with Crippen LogP contribution in [0, 0.1) is 11.3 Å². The molecule has 11 nitrogen and oxygen atoms in total. The number of nitriles is 1. The molecule has 5 rings (SSSR count). The van der Waals surface area contributed by atoms with Crippen LogP contribution in [0.25, 0.3) is 11.1 Å². The number of H-pyrrole nitrogens is 1. The van der Waals surface area contributed by atoms with E-state index in [-0.39, 0.29) is 42.7 Å². The summed E-state index contributed by atoms with van der Waals surface area (Å²) in [6.45, 7) is 0.292. The number of aromatic nitrogens is 4. The van der Waals surface area contributed by atoms with Gasteiger partial charge in [-0.2, -0.15) is 23.5 Å². The van der Waals surface area contributed by atoms with Crippen molar-refractivity contribution in [2.24, 2.45) is 0 Å². The molecule has 0 radical (unpaired) electrons. The van der Waals surface area contributed by atoms with E-state index in [4.69, 9.17) is 11.6 Å². The standard InChI is InChI=1S/C31H28ClF3N8O3/c1-41(10-9-26-38-19-39-40-26)28(44)24-8-7-20(16-25(24)32)22-15-21(17-36)27(37-18-22)42-11-13-43(14-12-42)29(45)30(46,31(33,34)35)23-5-3-2-4-6-23/h2-8,15-16,18-19,46H,9-14H2,1H3,(H,38,39,40)/t30-/m1/s1. The third-order valence-corrected chi connectivity index (χ3v) is 8.09. The van der Waals surface area contributed by atoms with E-state index in [1.54, 1.807) is 36.2 Å². The number of nitrogens with zero attached hydrogens (tertiary/aromatic N) is 7. The highest BCUT2D eigenvalue weighted by Gasteiger charge is 2.62. The quantitative estimate of drug-likeness (QED) is 0.293. The Hall–Kier alpha value is -5.00. The van der Waals surface area contributed by atoms with Crippen LogP contribution in [-0.2, 0) is 16.8 Å². The van der Waals surface area contributed by atoms with Crippen LogP contribution in [0.4, 0.5) is 19.0 Å². The van der Waals surface area contributed by atoms with Gasteiger partial charge in [-0.3, -0.25) is 14.7 Å². The van der Waals surface area contributed by atoms with Gasteiger partial charge in [-0.05, 0) is 23.8 Å². The number of carbonyl (C=O) groups excluding carboxylic acids is 2. The molecule has 0 saturated carbocycles. The van der Waals surface area contributed by atoms with Crippen molar-refractivity contribution in [3.05, 3.63) is 94.7 Å². The van der Waals surface area contributed by atoms with Gasteiger partial charge in [-0.1, -0.05) is 48.0 Å². The lowest BCUT2D eigenvalue weighted by atomic mass is 9.91. The first-order chi connectivity index (χ1) is 21.9. The molecule has 1 aliphatic rings. The van der Waals surface area contributed by atoms with Gasteiger partial charge in [0.1, 0.15) is 18.2 Å². The van der Waals surface area contributed by atoms with Gasteiger partial charge < -0.3 is 19.8 Å². The number of alkyl halides is 3. The second-order valence-corrected chi connectivity index (χ2v) is 11.1. The molecule has 46 heavy (non-hydrogen) atoms. The summed E-state index contributed by atoms with van der Waals surface area (Å²) in [5.41, 5.74) is -2.58. The monoisotopic (exact) mass is 652 g/mol. The van der Waals surface area contributed by atoms with Crippen molar-refractivity contribution in [2.75, 3.05) is 44.7 Å². The molecule has 2 amide bonds. The molecule has 2 aromatic heterocycles. The normalized spacial score (nSPS) is 14.8. The Morgan fingerprint density at radius 1 is 1.07 bits per heavy atom. The predicted octanol–water partition coefficient (Wildman–Crippen LogP) is 3.81. The Bertz CT molecular complexity index is 1760. The first-order valence-electron chi connectivity index (χ1n) is 14.1. The van der Waals surface area contributed by atoms with Gasteiger partial charge in [-0.25, -0.2) is 9.97 Å². The average Bonchev–Trinajstić information content (AvgIpc) is 3.59. The Balaban J connectivity index is 1.27. The first kappa shape index (κ1) is 32.4. The number of amides is 2.